The fourth-order valence-electron chi connectivity index (χ4n) is 3.14. The Kier molecular flexibility index (Phi) is 4.64. The van der Waals surface area contributed by atoms with Crippen LogP contribution in [-0.4, -0.2) is 32.9 Å². The number of halogens is 1. The highest BCUT2D eigenvalue weighted by atomic mass is 35.5. The van der Waals surface area contributed by atoms with Crippen molar-refractivity contribution in [1.82, 2.24) is 14.6 Å². The lowest BCUT2D eigenvalue weighted by atomic mass is 9.80. The topological polar surface area (TPSA) is 57.9 Å². The van der Waals surface area contributed by atoms with Gasteiger partial charge in [-0.15, -0.1) is 0 Å². The van der Waals surface area contributed by atoms with E-state index in [2.05, 4.69) is 10.1 Å². The zero-order valence-electron chi connectivity index (χ0n) is 16.6. The zero-order valence-corrected chi connectivity index (χ0v) is 17.4. The number of hydrogen-bond donors (Lipinski definition) is 0. The average molecular weight is 400 g/mol. The summed E-state index contributed by atoms with van der Waals surface area (Å²) in [5.41, 5.74) is 1.63. The smallest absolute Gasteiger partial charge is 0.484 e. The lowest BCUT2D eigenvalue weighted by molar-refractivity contribution is 0.00578. The first-order valence-corrected chi connectivity index (χ1v) is 9.65. The molecule has 146 valence electrons. The van der Waals surface area contributed by atoms with Gasteiger partial charge in [0.2, 0.25) is 0 Å². The predicted octanol–water partition coefficient (Wildman–Crippen LogP) is 3.82. The van der Waals surface area contributed by atoms with Crippen LogP contribution in [0.4, 0.5) is 0 Å². The number of aromatic nitrogens is 3. The maximum atomic E-state index is 6.37. The molecule has 3 aromatic heterocycles. The Hall–Kier alpha value is -2.09. The molecule has 0 saturated carbocycles. The fraction of sp³-hybridized carbons (Fsp3) is 0.400. The van der Waals surface area contributed by atoms with Crippen molar-refractivity contribution in [2.24, 2.45) is 0 Å². The summed E-state index contributed by atoms with van der Waals surface area (Å²) < 4.78 is 20.3. The van der Waals surface area contributed by atoms with Crippen LogP contribution in [0, 0.1) is 0 Å². The van der Waals surface area contributed by atoms with Gasteiger partial charge in [0, 0.05) is 29.6 Å². The second-order valence-electron chi connectivity index (χ2n) is 8.06. The molecule has 8 heteroatoms. The predicted molar refractivity (Wildman–Crippen MR) is 109 cm³/mol. The SMILES string of the molecule is C[C@@H](Oc1cc(B2OC(C)(C)C(C)(C)O2)cn2ncc(Cl)c12)c1cccnc1. The second-order valence-corrected chi connectivity index (χ2v) is 8.47. The molecule has 0 aliphatic carbocycles. The molecule has 4 rings (SSSR count). The molecule has 1 aliphatic rings. The molecule has 1 aliphatic heterocycles. The molecule has 0 N–H and O–H groups in total. The van der Waals surface area contributed by atoms with Gasteiger partial charge < -0.3 is 14.0 Å². The molecule has 4 heterocycles. The minimum absolute atomic E-state index is 0.211. The summed E-state index contributed by atoms with van der Waals surface area (Å²) >= 11 is 6.37. The van der Waals surface area contributed by atoms with E-state index in [0.717, 1.165) is 11.0 Å². The Morgan fingerprint density at radius 3 is 2.54 bits per heavy atom. The molecule has 3 aromatic rings. The standard InChI is InChI=1S/C20H23BClN3O3/c1-13(14-7-6-8-23-10-14)26-17-9-15(12-25-18(17)16(22)11-24-25)21-27-19(2,3)20(4,5)28-21/h6-13H,1-5H3/t13-/m1/s1. The Labute approximate surface area is 169 Å². The number of rotatable bonds is 4. The van der Waals surface area contributed by atoms with Crippen LogP contribution >= 0.6 is 11.6 Å². The quantitative estimate of drug-likeness (QED) is 0.624. The fourth-order valence-corrected chi connectivity index (χ4v) is 3.36. The molecule has 0 aromatic carbocycles. The molecule has 6 nitrogen and oxygen atoms in total. The van der Waals surface area contributed by atoms with Crippen LogP contribution in [0.5, 0.6) is 5.75 Å². The van der Waals surface area contributed by atoms with Gasteiger partial charge in [-0.2, -0.15) is 5.10 Å². The van der Waals surface area contributed by atoms with Gasteiger partial charge in [-0.05, 0) is 46.8 Å². The van der Waals surface area contributed by atoms with E-state index in [1.54, 1.807) is 23.1 Å². The van der Waals surface area contributed by atoms with E-state index in [1.165, 1.54) is 0 Å². The molecule has 0 spiro atoms. The molecule has 0 bridgehead atoms. The summed E-state index contributed by atoms with van der Waals surface area (Å²) in [6, 6.07) is 5.78. The van der Waals surface area contributed by atoms with Gasteiger partial charge in [0.25, 0.3) is 0 Å². The summed E-state index contributed by atoms with van der Waals surface area (Å²) in [7, 11) is -0.520. The third kappa shape index (κ3) is 3.28. The number of hydrogen-bond acceptors (Lipinski definition) is 5. The van der Waals surface area contributed by atoms with Gasteiger partial charge in [-0.1, -0.05) is 17.7 Å². The summed E-state index contributed by atoms with van der Waals surface area (Å²) in [6.07, 6.45) is 6.79. The normalized spacial score (nSPS) is 19.1. The van der Waals surface area contributed by atoms with Crippen LogP contribution in [0.1, 0.15) is 46.3 Å². The van der Waals surface area contributed by atoms with Gasteiger partial charge in [-0.25, -0.2) is 4.52 Å². The largest absolute Gasteiger partial charge is 0.496 e. The van der Waals surface area contributed by atoms with Crippen molar-refractivity contribution in [3.63, 3.8) is 0 Å². The molecule has 28 heavy (non-hydrogen) atoms. The molecule has 0 unspecified atom stereocenters. The van der Waals surface area contributed by atoms with Crippen LogP contribution in [-0.2, 0) is 9.31 Å². The Bertz CT molecular complexity index is 991. The summed E-state index contributed by atoms with van der Waals surface area (Å²) in [5, 5.41) is 4.87. The van der Waals surface area contributed by atoms with E-state index < -0.39 is 18.3 Å². The van der Waals surface area contributed by atoms with Crippen LogP contribution < -0.4 is 10.2 Å². The number of fused-ring (bicyclic) bond motifs is 1. The van der Waals surface area contributed by atoms with Gasteiger partial charge in [0.05, 0.1) is 22.4 Å². The first-order valence-electron chi connectivity index (χ1n) is 9.27. The van der Waals surface area contributed by atoms with E-state index in [-0.39, 0.29) is 6.10 Å². The monoisotopic (exact) mass is 399 g/mol. The van der Waals surface area contributed by atoms with E-state index >= 15 is 0 Å². The highest BCUT2D eigenvalue weighted by Gasteiger charge is 2.52. The Balaban J connectivity index is 1.73. The van der Waals surface area contributed by atoms with Crippen LogP contribution in [0.25, 0.3) is 5.52 Å². The third-order valence-corrected chi connectivity index (χ3v) is 5.81. The lowest BCUT2D eigenvalue weighted by Crippen LogP contribution is -2.41. The minimum atomic E-state index is -0.520. The first-order chi connectivity index (χ1) is 13.2. The average Bonchev–Trinajstić information content (AvgIpc) is 3.12. The molecule has 0 radical (unpaired) electrons. The van der Waals surface area contributed by atoms with Crippen LogP contribution in [0.3, 0.4) is 0 Å². The second kappa shape index (κ2) is 6.76. The van der Waals surface area contributed by atoms with Gasteiger partial charge in [0.1, 0.15) is 17.4 Å². The van der Waals surface area contributed by atoms with Crippen molar-refractivity contribution in [1.29, 1.82) is 0 Å². The maximum Gasteiger partial charge on any atom is 0.496 e. The maximum absolute atomic E-state index is 6.37. The van der Waals surface area contributed by atoms with E-state index in [4.69, 9.17) is 25.6 Å². The number of ether oxygens (including phenoxy) is 1. The summed E-state index contributed by atoms with van der Waals surface area (Å²) in [6.45, 7) is 10.1. The van der Waals surface area contributed by atoms with Crippen molar-refractivity contribution in [2.45, 2.75) is 51.9 Å². The van der Waals surface area contributed by atoms with Crippen molar-refractivity contribution >= 4 is 29.7 Å². The molecule has 1 atom stereocenters. The summed E-state index contributed by atoms with van der Waals surface area (Å²) in [5.74, 6) is 0.617. The lowest BCUT2D eigenvalue weighted by Gasteiger charge is -2.32. The van der Waals surface area contributed by atoms with Crippen molar-refractivity contribution in [3.8, 4) is 5.75 Å². The number of nitrogens with zero attached hydrogens (tertiary/aromatic N) is 3. The van der Waals surface area contributed by atoms with Crippen LogP contribution in [0.2, 0.25) is 5.02 Å². The molecule has 0 amide bonds. The molecular weight excluding hydrogens is 377 g/mol. The van der Waals surface area contributed by atoms with Gasteiger partial charge in [-0.3, -0.25) is 4.98 Å². The minimum Gasteiger partial charge on any atom is -0.484 e. The molecule has 1 saturated heterocycles. The Morgan fingerprint density at radius 1 is 1.18 bits per heavy atom. The van der Waals surface area contributed by atoms with Crippen molar-refractivity contribution < 1.29 is 14.0 Å². The van der Waals surface area contributed by atoms with E-state index in [1.807, 2.05) is 59.0 Å². The molecule has 1 fully saturated rings. The third-order valence-electron chi connectivity index (χ3n) is 5.54. The van der Waals surface area contributed by atoms with Crippen molar-refractivity contribution in [3.05, 3.63) is 53.6 Å². The Morgan fingerprint density at radius 2 is 1.89 bits per heavy atom. The highest BCUT2D eigenvalue weighted by Crippen LogP contribution is 2.37. The van der Waals surface area contributed by atoms with Crippen molar-refractivity contribution in [2.75, 3.05) is 0 Å². The van der Waals surface area contributed by atoms with Crippen LogP contribution in [0.15, 0.2) is 43.0 Å². The first kappa shape index (κ1) is 19.2. The zero-order chi connectivity index (χ0) is 20.1. The highest BCUT2D eigenvalue weighted by molar-refractivity contribution is 6.62. The molecular formula is C20H23BClN3O3. The van der Waals surface area contributed by atoms with E-state index in [9.17, 15) is 0 Å². The van der Waals surface area contributed by atoms with Gasteiger partial charge in [0.15, 0.2) is 0 Å². The summed E-state index contributed by atoms with van der Waals surface area (Å²) in [4.78, 5) is 4.17. The number of pyridine rings is 2. The van der Waals surface area contributed by atoms with E-state index in [0.29, 0.717) is 16.3 Å². The van der Waals surface area contributed by atoms with Gasteiger partial charge >= 0.3 is 7.12 Å².